The summed E-state index contributed by atoms with van der Waals surface area (Å²) in [5.41, 5.74) is 3.36. The van der Waals surface area contributed by atoms with Gasteiger partial charge < -0.3 is 10.2 Å². The van der Waals surface area contributed by atoms with E-state index in [0.29, 0.717) is 6.54 Å². The van der Waals surface area contributed by atoms with Crippen molar-refractivity contribution in [2.24, 2.45) is 0 Å². The van der Waals surface area contributed by atoms with Crippen molar-refractivity contribution in [3.8, 4) is 0 Å². The third-order valence-electron chi connectivity index (χ3n) is 7.02. The van der Waals surface area contributed by atoms with Crippen LogP contribution in [0.1, 0.15) is 31.2 Å². The first-order valence-corrected chi connectivity index (χ1v) is 11.3. The summed E-state index contributed by atoms with van der Waals surface area (Å²) >= 11 is 0. The number of hydrogen-bond donors (Lipinski definition) is 1. The van der Waals surface area contributed by atoms with Gasteiger partial charge in [0, 0.05) is 31.9 Å². The number of carbonyl (C=O) groups excluding carboxylic acids is 2. The number of aryl methyl sites for hydroxylation is 1. The van der Waals surface area contributed by atoms with Gasteiger partial charge in [-0.2, -0.15) is 0 Å². The van der Waals surface area contributed by atoms with Gasteiger partial charge in [-0.15, -0.1) is 0 Å². The van der Waals surface area contributed by atoms with E-state index in [1.807, 2.05) is 29.2 Å². The summed E-state index contributed by atoms with van der Waals surface area (Å²) in [7, 11) is 0. The zero-order valence-electron chi connectivity index (χ0n) is 18.1. The maximum absolute atomic E-state index is 13.6. The van der Waals surface area contributed by atoms with Crippen LogP contribution in [0.4, 0.5) is 17.1 Å². The highest BCUT2D eigenvalue weighted by atomic mass is 16.2. The van der Waals surface area contributed by atoms with Crippen LogP contribution in [0.5, 0.6) is 0 Å². The van der Waals surface area contributed by atoms with Gasteiger partial charge >= 0.3 is 0 Å². The minimum atomic E-state index is -0.727. The molecular formula is C25H30N4O2. The molecule has 0 aromatic heterocycles. The Morgan fingerprint density at radius 3 is 2.48 bits per heavy atom. The van der Waals surface area contributed by atoms with Crippen LogP contribution in [0.25, 0.3) is 0 Å². The van der Waals surface area contributed by atoms with E-state index in [9.17, 15) is 9.59 Å². The summed E-state index contributed by atoms with van der Waals surface area (Å²) in [6.45, 7) is 5.95. The molecule has 31 heavy (non-hydrogen) atoms. The number of fused-ring (bicyclic) bond motifs is 1. The minimum absolute atomic E-state index is 0.0266. The molecule has 0 radical (unpaired) electrons. The standard InChI is InChI=1S/C25H30N4O2/c1-19-7-6-8-20(17-19)28-15-13-27(14-16-28)18-23(30)29-22-10-3-2-9-21(22)26-24(31)25(29)11-4-5-12-25/h2-3,6-10,17H,4-5,11-16,18H2,1H3,(H,26,31). The topological polar surface area (TPSA) is 55.9 Å². The quantitative estimate of drug-likeness (QED) is 0.830. The number of amides is 2. The summed E-state index contributed by atoms with van der Waals surface area (Å²) in [5, 5.41) is 3.06. The molecule has 2 aliphatic heterocycles. The van der Waals surface area contributed by atoms with Crippen molar-refractivity contribution in [2.45, 2.75) is 38.1 Å². The van der Waals surface area contributed by atoms with Gasteiger partial charge in [0.25, 0.3) is 5.91 Å². The third kappa shape index (κ3) is 3.59. The second-order valence-corrected chi connectivity index (χ2v) is 9.04. The molecule has 1 saturated heterocycles. The van der Waals surface area contributed by atoms with E-state index in [4.69, 9.17) is 0 Å². The molecule has 2 amide bonds. The van der Waals surface area contributed by atoms with Crippen LogP contribution in [-0.4, -0.2) is 55.0 Å². The highest BCUT2D eigenvalue weighted by molar-refractivity contribution is 6.15. The second kappa shape index (κ2) is 8.00. The van der Waals surface area contributed by atoms with Gasteiger partial charge in [0.1, 0.15) is 5.54 Å². The maximum atomic E-state index is 13.6. The molecule has 2 fully saturated rings. The Kier molecular flexibility index (Phi) is 5.18. The number of nitrogens with one attached hydrogen (secondary N) is 1. The van der Waals surface area contributed by atoms with Crippen LogP contribution in [0.2, 0.25) is 0 Å². The Morgan fingerprint density at radius 2 is 1.74 bits per heavy atom. The molecule has 1 spiro atoms. The van der Waals surface area contributed by atoms with Crippen LogP contribution in [0.3, 0.4) is 0 Å². The van der Waals surface area contributed by atoms with E-state index in [0.717, 1.165) is 63.2 Å². The highest BCUT2D eigenvalue weighted by Gasteiger charge is 2.52. The molecule has 3 aliphatic rings. The first-order valence-electron chi connectivity index (χ1n) is 11.3. The van der Waals surface area contributed by atoms with Crippen molar-refractivity contribution in [3.05, 3.63) is 54.1 Å². The van der Waals surface area contributed by atoms with Crippen LogP contribution >= 0.6 is 0 Å². The number of piperazine rings is 1. The smallest absolute Gasteiger partial charge is 0.250 e. The molecule has 0 bridgehead atoms. The Hall–Kier alpha value is -2.86. The van der Waals surface area contributed by atoms with Gasteiger partial charge in [-0.05, 0) is 49.6 Å². The van der Waals surface area contributed by atoms with Crippen molar-refractivity contribution in [2.75, 3.05) is 47.8 Å². The lowest BCUT2D eigenvalue weighted by Crippen LogP contribution is -2.62. The summed E-state index contributed by atoms with van der Waals surface area (Å²) in [4.78, 5) is 33.2. The van der Waals surface area contributed by atoms with Crippen LogP contribution < -0.4 is 15.1 Å². The lowest BCUT2D eigenvalue weighted by molar-refractivity contribution is -0.128. The van der Waals surface area contributed by atoms with Crippen molar-refractivity contribution in [1.82, 2.24) is 4.90 Å². The lowest BCUT2D eigenvalue weighted by Gasteiger charge is -2.45. The number of hydrogen-bond acceptors (Lipinski definition) is 4. The molecule has 0 unspecified atom stereocenters. The van der Waals surface area contributed by atoms with Crippen molar-refractivity contribution < 1.29 is 9.59 Å². The summed E-state index contributed by atoms with van der Waals surface area (Å²) < 4.78 is 0. The number of nitrogens with zero attached hydrogens (tertiary/aromatic N) is 3. The largest absolute Gasteiger partial charge is 0.369 e. The van der Waals surface area contributed by atoms with Gasteiger partial charge in [0.2, 0.25) is 5.91 Å². The van der Waals surface area contributed by atoms with Gasteiger partial charge in [-0.25, -0.2) is 0 Å². The average molecular weight is 419 g/mol. The molecule has 2 aromatic carbocycles. The SMILES string of the molecule is Cc1cccc(N2CCN(CC(=O)N3c4ccccc4NC(=O)C34CCCC4)CC2)c1. The summed E-state index contributed by atoms with van der Waals surface area (Å²) in [5.74, 6) is 0.00882. The van der Waals surface area contributed by atoms with Crippen LogP contribution in [-0.2, 0) is 9.59 Å². The molecule has 0 atom stereocenters. The van der Waals surface area contributed by atoms with E-state index < -0.39 is 5.54 Å². The fraction of sp³-hybridized carbons (Fsp3) is 0.440. The second-order valence-electron chi connectivity index (χ2n) is 9.04. The van der Waals surface area contributed by atoms with Gasteiger partial charge in [0.15, 0.2) is 0 Å². The first-order chi connectivity index (χ1) is 15.1. The number of rotatable bonds is 3. The van der Waals surface area contributed by atoms with Crippen LogP contribution in [0.15, 0.2) is 48.5 Å². The Morgan fingerprint density at radius 1 is 1.00 bits per heavy atom. The number of anilines is 3. The van der Waals surface area contributed by atoms with Crippen molar-refractivity contribution in [3.63, 3.8) is 0 Å². The minimum Gasteiger partial charge on any atom is -0.369 e. The summed E-state index contributed by atoms with van der Waals surface area (Å²) in [6, 6.07) is 16.3. The molecule has 1 N–H and O–H groups in total. The van der Waals surface area contributed by atoms with E-state index in [-0.39, 0.29) is 11.8 Å². The van der Waals surface area contributed by atoms with Crippen molar-refractivity contribution >= 4 is 28.9 Å². The normalized spacial score (nSPS) is 20.6. The van der Waals surface area contributed by atoms with Gasteiger partial charge in [-0.1, -0.05) is 37.1 Å². The van der Waals surface area contributed by atoms with E-state index >= 15 is 0 Å². The average Bonchev–Trinajstić information content (AvgIpc) is 3.25. The van der Waals surface area contributed by atoms with E-state index in [1.165, 1.54) is 11.3 Å². The molecule has 6 nitrogen and oxygen atoms in total. The molecular weight excluding hydrogens is 388 g/mol. The van der Waals surface area contributed by atoms with E-state index in [1.54, 1.807) is 0 Å². The Labute approximate surface area is 183 Å². The molecule has 2 aromatic rings. The monoisotopic (exact) mass is 418 g/mol. The zero-order chi connectivity index (χ0) is 21.4. The summed E-state index contributed by atoms with van der Waals surface area (Å²) in [6.07, 6.45) is 3.43. The van der Waals surface area contributed by atoms with Crippen LogP contribution in [0, 0.1) is 6.92 Å². The molecule has 1 saturated carbocycles. The number of carbonyl (C=O) groups is 2. The Bertz CT molecular complexity index is 991. The Balaban J connectivity index is 1.32. The predicted octanol–water partition coefficient (Wildman–Crippen LogP) is 3.42. The van der Waals surface area contributed by atoms with Crippen molar-refractivity contribution in [1.29, 1.82) is 0 Å². The van der Waals surface area contributed by atoms with E-state index in [2.05, 4.69) is 46.3 Å². The highest BCUT2D eigenvalue weighted by Crippen LogP contribution is 2.45. The van der Waals surface area contributed by atoms with Gasteiger partial charge in [-0.3, -0.25) is 19.4 Å². The molecule has 2 heterocycles. The zero-order valence-corrected chi connectivity index (χ0v) is 18.1. The maximum Gasteiger partial charge on any atom is 0.250 e. The first kappa shape index (κ1) is 20.1. The molecule has 6 heteroatoms. The fourth-order valence-corrected chi connectivity index (χ4v) is 5.38. The lowest BCUT2D eigenvalue weighted by atomic mass is 9.89. The van der Waals surface area contributed by atoms with Gasteiger partial charge in [0.05, 0.1) is 17.9 Å². The molecule has 5 rings (SSSR count). The molecule has 162 valence electrons. The third-order valence-corrected chi connectivity index (χ3v) is 7.02. The fourth-order valence-electron chi connectivity index (χ4n) is 5.38. The number of para-hydroxylation sites is 2. The predicted molar refractivity (Wildman–Crippen MR) is 124 cm³/mol. The molecule has 1 aliphatic carbocycles. The number of benzene rings is 2.